The highest BCUT2D eigenvalue weighted by Crippen LogP contribution is 2.22. The van der Waals surface area contributed by atoms with Crippen molar-refractivity contribution in [3.63, 3.8) is 0 Å². The van der Waals surface area contributed by atoms with Gasteiger partial charge in [-0.2, -0.15) is 0 Å². The summed E-state index contributed by atoms with van der Waals surface area (Å²) in [6.07, 6.45) is 0. The van der Waals surface area contributed by atoms with Gasteiger partial charge in [-0.05, 0) is 12.6 Å². The van der Waals surface area contributed by atoms with Gasteiger partial charge in [0, 0.05) is 32.2 Å². The molecule has 2 rings (SSSR count). The molecule has 2 heterocycles. The first-order valence-corrected chi connectivity index (χ1v) is 6.67. The summed E-state index contributed by atoms with van der Waals surface area (Å²) in [6.45, 7) is 6.50. The van der Waals surface area contributed by atoms with Crippen LogP contribution in [0.1, 0.15) is 12.6 Å². The zero-order chi connectivity index (χ0) is 15.4. The Hall–Kier alpha value is -2.42. The summed E-state index contributed by atoms with van der Waals surface area (Å²) in [4.78, 5) is 18.9. The number of nitrogens with two attached hydrogens (primary N) is 1. The Labute approximate surface area is 121 Å². The highest BCUT2D eigenvalue weighted by Gasteiger charge is 2.23. The zero-order valence-electron chi connectivity index (χ0n) is 11.8. The molecule has 114 valence electrons. The van der Waals surface area contributed by atoms with Gasteiger partial charge in [0.15, 0.2) is 11.5 Å². The van der Waals surface area contributed by atoms with Crippen LogP contribution in [0, 0.1) is 10.1 Å². The lowest BCUT2D eigenvalue weighted by molar-refractivity contribution is -0.385. The van der Waals surface area contributed by atoms with E-state index in [9.17, 15) is 10.1 Å². The van der Waals surface area contributed by atoms with Crippen molar-refractivity contribution in [2.24, 2.45) is 10.9 Å². The minimum Gasteiger partial charge on any atom is -0.409 e. The number of likely N-dealkylation sites (N-methyl/N-ethyl adjacent to an activating group) is 1. The smallest absolute Gasteiger partial charge is 0.298 e. The van der Waals surface area contributed by atoms with Crippen LogP contribution in [-0.4, -0.2) is 58.6 Å². The predicted molar refractivity (Wildman–Crippen MR) is 77.7 cm³/mol. The van der Waals surface area contributed by atoms with Crippen LogP contribution >= 0.6 is 0 Å². The van der Waals surface area contributed by atoms with E-state index in [2.05, 4.69) is 22.0 Å². The molecule has 1 aromatic rings. The first-order chi connectivity index (χ1) is 10.1. The SMILES string of the molecule is CCN1CCN(c2ccc([N+](=O)[O-])c(/C(N)=N/O)n2)CC1. The molecule has 0 spiro atoms. The Morgan fingerprint density at radius 2 is 2.14 bits per heavy atom. The largest absolute Gasteiger partial charge is 0.409 e. The molecule has 0 aromatic carbocycles. The van der Waals surface area contributed by atoms with Gasteiger partial charge >= 0.3 is 0 Å². The second-order valence-corrected chi connectivity index (χ2v) is 4.70. The van der Waals surface area contributed by atoms with Crippen LogP contribution < -0.4 is 10.6 Å². The van der Waals surface area contributed by atoms with E-state index in [4.69, 9.17) is 10.9 Å². The van der Waals surface area contributed by atoms with Crippen LogP contribution in [0.3, 0.4) is 0 Å². The summed E-state index contributed by atoms with van der Waals surface area (Å²) in [5.41, 5.74) is 5.09. The molecule has 0 radical (unpaired) electrons. The van der Waals surface area contributed by atoms with Crippen molar-refractivity contribution in [2.75, 3.05) is 37.6 Å². The molecule has 0 bridgehead atoms. The van der Waals surface area contributed by atoms with E-state index in [0.29, 0.717) is 5.82 Å². The van der Waals surface area contributed by atoms with Crippen LogP contribution in [0.4, 0.5) is 11.5 Å². The molecule has 1 aliphatic heterocycles. The monoisotopic (exact) mass is 294 g/mol. The fourth-order valence-electron chi connectivity index (χ4n) is 2.29. The van der Waals surface area contributed by atoms with Gasteiger partial charge in [0.2, 0.25) is 0 Å². The number of pyridine rings is 1. The average Bonchev–Trinajstić information content (AvgIpc) is 2.53. The summed E-state index contributed by atoms with van der Waals surface area (Å²) in [5, 5.41) is 22.5. The summed E-state index contributed by atoms with van der Waals surface area (Å²) in [7, 11) is 0. The second kappa shape index (κ2) is 6.35. The first-order valence-electron chi connectivity index (χ1n) is 6.67. The number of hydrogen-bond donors (Lipinski definition) is 2. The van der Waals surface area contributed by atoms with Gasteiger partial charge < -0.3 is 20.7 Å². The molecule has 0 saturated carbocycles. The Morgan fingerprint density at radius 3 is 2.67 bits per heavy atom. The molecular weight excluding hydrogens is 276 g/mol. The van der Waals surface area contributed by atoms with Crippen molar-refractivity contribution < 1.29 is 10.1 Å². The first kappa shape index (κ1) is 15.0. The van der Waals surface area contributed by atoms with E-state index >= 15 is 0 Å². The molecule has 21 heavy (non-hydrogen) atoms. The molecule has 0 amide bonds. The molecule has 0 unspecified atom stereocenters. The number of hydrogen-bond acceptors (Lipinski definition) is 7. The van der Waals surface area contributed by atoms with E-state index in [1.54, 1.807) is 6.07 Å². The molecule has 1 aromatic heterocycles. The molecule has 9 heteroatoms. The quantitative estimate of drug-likeness (QED) is 0.268. The third kappa shape index (κ3) is 3.19. The van der Waals surface area contributed by atoms with Gasteiger partial charge in [-0.15, -0.1) is 0 Å². The highest BCUT2D eigenvalue weighted by atomic mass is 16.6. The minimum absolute atomic E-state index is 0.113. The van der Waals surface area contributed by atoms with Crippen LogP contribution in [0.15, 0.2) is 17.3 Å². The second-order valence-electron chi connectivity index (χ2n) is 4.70. The number of amidine groups is 1. The summed E-state index contributed by atoms with van der Waals surface area (Å²) >= 11 is 0. The van der Waals surface area contributed by atoms with Crippen LogP contribution in [0.5, 0.6) is 0 Å². The van der Waals surface area contributed by atoms with Crippen molar-refractivity contribution in [1.82, 2.24) is 9.88 Å². The summed E-state index contributed by atoms with van der Waals surface area (Å²) < 4.78 is 0. The number of rotatable bonds is 4. The number of anilines is 1. The fourth-order valence-corrected chi connectivity index (χ4v) is 2.29. The van der Waals surface area contributed by atoms with Gasteiger partial charge in [-0.25, -0.2) is 4.98 Å². The molecule has 9 nitrogen and oxygen atoms in total. The molecule has 3 N–H and O–H groups in total. The van der Waals surface area contributed by atoms with Gasteiger partial charge in [-0.1, -0.05) is 12.1 Å². The third-order valence-electron chi connectivity index (χ3n) is 3.55. The van der Waals surface area contributed by atoms with Crippen molar-refractivity contribution in [3.05, 3.63) is 27.9 Å². The minimum atomic E-state index is -0.598. The molecular formula is C12H18N6O3. The van der Waals surface area contributed by atoms with E-state index in [-0.39, 0.29) is 17.2 Å². The van der Waals surface area contributed by atoms with Gasteiger partial charge in [0.05, 0.1) is 4.92 Å². The lowest BCUT2D eigenvalue weighted by Crippen LogP contribution is -2.46. The standard InChI is InChI=1S/C12H18N6O3/c1-2-16-5-7-17(8-6-16)10-4-3-9(18(20)21)11(14-10)12(13)15-19/h3-4,19H,2,5-8H2,1H3,(H2,13,15). The highest BCUT2D eigenvalue weighted by molar-refractivity contribution is 5.99. The lowest BCUT2D eigenvalue weighted by atomic mass is 10.2. The zero-order valence-corrected chi connectivity index (χ0v) is 11.8. The molecule has 0 atom stereocenters. The maximum atomic E-state index is 11.0. The van der Waals surface area contributed by atoms with Gasteiger partial charge in [-0.3, -0.25) is 10.1 Å². The third-order valence-corrected chi connectivity index (χ3v) is 3.55. The lowest BCUT2D eigenvalue weighted by Gasteiger charge is -2.34. The van der Waals surface area contributed by atoms with Crippen molar-refractivity contribution >= 4 is 17.3 Å². The Bertz CT molecular complexity index is 554. The van der Waals surface area contributed by atoms with Crippen LogP contribution in [-0.2, 0) is 0 Å². The Morgan fingerprint density at radius 1 is 1.48 bits per heavy atom. The van der Waals surface area contributed by atoms with Crippen LogP contribution in [0.25, 0.3) is 0 Å². The number of aromatic nitrogens is 1. The molecule has 1 aliphatic rings. The molecule has 1 fully saturated rings. The fraction of sp³-hybridized carbons (Fsp3) is 0.500. The van der Waals surface area contributed by atoms with E-state index in [1.807, 2.05) is 4.90 Å². The number of piperazine rings is 1. The van der Waals surface area contributed by atoms with Gasteiger partial charge in [0.25, 0.3) is 5.69 Å². The number of nitro groups is 1. The predicted octanol–water partition coefficient (Wildman–Crippen LogP) is 0.226. The van der Waals surface area contributed by atoms with E-state index in [1.165, 1.54) is 6.07 Å². The van der Waals surface area contributed by atoms with Gasteiger partial charge in [0.1, 0.15) is 5.82 Å². The average molecular weight is 294 g/mol. The van der Waals surface area contributed by atoms with Crippen molar-refractivity contribution in [3.8, 4) is 0 Å². The topological polar surface area (TPSA) is 121 Å². The van der Waals surface area contributed by atoms with Crippen molar-refractivity contribution in [1.29, 1.82) is 0 Å². The molecule has 1 saturated heterocycles. The van der Waals surface area contributed by atoms with Crippen molar-refractivity contribution in [2.45, 2.75) is 6.92 Å². The Balaban J connectivity index is 2.28. The van der Waals surface area contributed by atoms with Crippen LogP contribution in [0.2, 0.25) is 0 Å². The van der Waals surface area contributed by atoms with E-state index < -0.39 is 4.92 Å². The number of oxime groups is 1. The summed E-state index contributed by atoms with van der Waals surface area (Å²) in [6, 6.07) is 2.93. The maximum Gasteiger partial charge on any atom is 0.298 e. The van der Waals surface area contributed by atoms with E-state index in [0.717, 1.165) is 32.7 Å². The number of nitrogens with zero attached hydrogens (tertiary/aromatic N) is 5. The normalized spacial score (nSPS) is 17.0. The summed E-state index contributed by atoms with van der Waals surface area (Å²) in [5.74, 6) is 0.230. The molecule has 0 aliphatic carbocycles. The maximum absolute atomic E-state index is 11.0. The Kier molecular flexibility index (Phi) is 4.53.